The highest BCUT2D eigenvalue weighted by atomic mass is 16.3. The SMILES string of the molecule is CN(CCO)c1cc(N2CCCCCC2)ncn1. The molecule has 5 nitrogen and oxygen atoms in total. The molecule has 0 aromatic carbocycles. The number of aliphatic hydroxyl groups is 1. The fourth-order valence-corrected chi connectivity index (χ4v) is 2.28. The van der Waals surface area contributed by atoms with Gasteiger partial charge in [-0.2, -0.15) is 0 Å². The number of rotatable bonds is 4. The van der Waals surface area contributed by atoms with Gasteiger partial charge < -0.3 is 14.9 Å². The summed E-state index contributed by atoms with van der Waals surface area (Å²) < 4.78 is 0. The second-order valence-electron chi connectivity index (χ2n) is 4.78. The Morgan fingerprint density at radius 3 is 2.61 bits per heavy atom. The number of likely N-dealkylation sites (N-methyl/N-ethyl adjacent to an activating group) is 1. The lowest BCUT2D eigenvalue weighted by Crippen LogP contribution is -2.26. The van der Waals surface area contributed by atoms with Crippen LogP contribution in [0, 0.1) is 0 Å². The van der Waals surface area contributed by atoms with Crippen molar-refractivity contribution in [2.75, 3.05) is 43.1 Å². The minimum Gasteiger partial charge on any atom is -0.395 e. The maximum atomic E-state index is 8.96. The smallest absolute Gasteiger partial charge is 0.134 e. The number of aliphatic hydroxyl groups excluding tert-OH is 1. The van der Waals surface area contributed by atoms with Crippen molar-refractivity contribution in [2.24, 2.45) is 0 Å². The molecule has 1 aliphatic rings. The van der Waals surface area contributed by atoms with Crippen molar-refractivity contribution in [3.8, 4) is 0 Å². The molecule has 2 heterocycles. The molecule has 1 aliphatic heterocycles. The molecule has 5 heteroatoms. The lowest BCUT2D eigenvalue weighted by Gasteiger charge is -2.23. The van der Waals surface area contributed by atoms with Gasteiger partial charge in [-0.1, -0.05) is 12.8 Å². The molecular weight excluding hydrogens is 228 g/mol. The topological polar surface area (TPSA) is 52.5 Å². The maximum absolute atomic E-state index is 8.96. The lowest BCUT2D eigenvalue weighted by molar-refractivity contribution is 0.304. The molecular formula is C13H22N4O. The van der Waals surface area contributed by atoms with E-state index in [0.29, 0.717) is 6.54 Å². The van der Waals surface area contributed by atoms with E-state index in [9.17, 15) is 0 Å². The number of aromatic nitrogens is 2. The van der Waals surface area contributed by atoms with Crippen molar-refractivity contribution in [3.05, 3.63) is 12.4 Å². The highest BCUT2D eigenvalue weighted by Gasteiger charge is 2.12. The van der Waals surface area contributed by atoms with E-state index >= 15 is 0 Å². The van der Waals surface area contributed by atoms with Gasteiger partial charge in [0.05, 0.1) is 6.61 Å². The first-order valence-corrected chi connectivity index (χ1v) is 6.70. The van der Waals surface area contributed by atoms with Crippen molar-refractivity contribution >= 4 is 11.6 Å². The molecule has 0 atom stereocenters. The van der Waals surface area contributed by atoms with Gasteiger partial charge in [0.15, 0.2) is 0 Å². The molecule has 0 bridgehead atoms. The summed E-state index contributed by atoms with van der Waals surface area (Å²) in [5.41, 5.74) is 0. The van der Waals surface area contributed by atoms with Crippen molar-refractivity contribution in [1.29, 1.82) is 0 Å². The van der Waals surface area contributed by atoms with Gasteiger partial charge in [0.25, 0.3) is 0 Å². The van der Waals surface area contributed by atoms with Crippen LogP contribution in [-0.2, 0) is 0 Å². The Morgan fingerprint density at radius 2 is 1.94 bits per heavy atom. The van der Waals surface area contributed by atoms with Crippen molar-refractivity contribution < 1.29 is 5.11 Å². The fourth-order valence-electron chi connectivity index (χ4n) is 2.28. The van der Waals surface area contributed by atoms with E-state index in [-0.39, 0.29) is 6.61 Å². The zero-order valence-electron chi connectivity index (χ0n) is 11.0. The van der Waals surface area contributed by atoms with E-state index in [4.69, 9.17) is 5.11 Å². The average molecular weight is 250 g/mol. The minimum absolute atomic E-state index is 0.138. The van der Waals surface area contributed by atoms with E-state index in [0.717, 1.165) is 24.7 Å². The van der Waals surface area contributed by atoms with E-state index in [1.165, 1.54) is 25.7 Å². The highest BCUT2D eigenvalue weighted by molar-refractivity contribution is 5.49. The zero-order chi connectivity index (χ0) is 12.8. The molecule has 1 fully saturated rings. The molecule has 0 saturated carbocycles. The van der Waals surface area contributed by atoms with E-state index in [2.05, 4.69) is 14.9 Å². The van der Waals surface area contributed by atoms with Gasteiger partial charge in [-0.05, 0) is 12.8 Å². The van der Waals surface area contributed by atoms with Crippen molar-refractivity contribution in [3.63, 3.8) is 0 Å². The van der Waals surface area contributed by atoms with Crippen LogP contribution in [0.1, 0.15) is 25.7 Å². The summed E-state index contributed by atoms with van der Waals surface area (Å²) in [6.07, 6.45) is 6.73. The molecule has 0 aliphatic carbocycles. The summed E-state index contributed by atoms with van der Waals surface area (Å²) in [6.45, 7) is 2.90. The molecule has 100 valence electrons. The predicted octanol–water partition coefficient (Wildman–Crippen LogP) is 1.29. The first kappa shape index (κ1) is 13.1. The Kier molecular flexibility index (Phi) is 4.75. The first-order chi connectivity index (χ1) is 8.81. The highest BCUT2D eigenvalue weighted by Crippen LogP contribution is 2.20. The van der Waals surface area contributed by atoms with Gasteiger partial charge in [0.2, 0.25) is 0 Å². The van der Waals surface area contributed by atoms with Crippen LogP contribution in [-0.4, -0.2) is 48.4 Å². The van der Waals surface area contributed by atoms with Crippen LogP contribution in [0.2, 0.25) is 0 Å². The number of anilines is 2. The predicted molar refractivity (Wildman–Crippen MR) is 73.1 cm³/mol. The molecule has 0 amide bonds. The van der Waals surface area contributed by atoms with E-state index < -0.39 is 0 Å². The Bertz CT molecular complexity index is 364. The third-order valence-corrected chi connectivity index (χ3v) is 3.39. The van der Waals surface area contributed by atoms with E-state index in [1.54, 1.807) is 6.33 Å². The van der Waals surface area contributed by atoms with Gasteiger partial charge >= 0.3 is 0 Å². The molecule has 1 aromatic rings. The first-order valence-electron chi connectivity index (χ1n) is 6.70. The number of nitrogens with zero attached hydrogens (tertiary/aromatic N) is 4. The summed E-state index contributed by atoms with van der Waals surface area (Å²) in [4.78, 5) is 12.9. The molecule has 0 spiro atoms. The monoisotopic (exact) mass is 250 g/mol. The zero-order valence-corrected chi connectivity index (χ0v) is 11.0. The summed E-state index contributed by atoms with van der Waals surface area (Å²) in [5, 5.41) is 8.96. The maximum Gasteiger partial charge on any atom is 0.134 e. The van der Waals surface area contributed by atoms with Gasteiger partial charge in [-0.3, -0.25) is 0 Å². The van der Waals surface area contributed by atoms with Crippen molar-refractivity contribution in [2.45, 2.75) is 25.7 Å². The summed E-state index contributed by atoms with van der Waals surface area (Å²) in [7, 11) is 1.94. The van der Waals surface area contributed by atoms with Gasteiger partial charge in [0.1, 0.15) is 18.0 Å². The van der Waals surface area contributed by atoms with Crippen LogP contribution in [0.5, 0.6) is 0 Å². The summed E-state index contributed by atoms with van der Waals surface area (Å²) in [6, 6.07) is 2.01. The Labute approximate surface area is 108 Å². The Hall–Kier alpha value is -1.36. The second kappa shape index (κ2) is 6.54. The van der Waals surface area contributed by atoms with Crippen LogP contribution in [0.25, 0.3) is 0 Å². The number of hydrogen-bond donors (Lipinski definition) is 1. The molecule has 0 unspecified atom stereocenters. The van der Waals surface area contributed by atoms with E-state index in [1.807, 2.05) is 18.0 Å². The van der Waals surface area contributed by atoms with Crippen LogP contribution in [0.15, 0.2) is 12.4 Å². The van der Waals surface area contributed by atoms with Crippen LogP contribution in [0.3, 0.4) is 0 Å². The molecule has 1 saturated heterocycles. The van der Waals surface area contributed by atoms with Crippen LogP contribution in [0.4, 0.5) is 11.6 Å². The Morgan fingerprint density at radius 1 is 1.22 bits per heavy atom. The fraction of sp³-hybridized carbons (Fsp3) is 0.692. The van der Waals surface area contributed by atoms with Crippen molar-refractivity contribution in [1.82, 2.24) is 9.97 Å². The lowest BCUT2D eigenvalue weighted by atomic mass is 10.2. The molecule has 2 rings (SSSR count). The van der Waals surface area contributed by atoms with Gasteiger partial charge in [-0.25, -0.2) is 9.97 Å². The normalized spacial score (nSPS) is 16.4. The Balaban J connectivity index is 2.10. The average Bonchev–Trinajstić information content (AvgIpc) is 2.68. The second-order valence-corrected chi connectivity index (χ2v) is 4.78. The standard InChI is InChI=1S/C13H22N4O/c1-16(8-9-18)12-10-13(15-11-14-12)17-6-4-2-3-5-7-17/h10-11,18H,2-9H2,1H3. The summed E-state index contributed by atoms with van der Waals surface area (Å²) >= 11 is 0. The van der Waals surface area contributed by atoms with Crippen LogP contribution < -0.4 is 9.80 Å². The summed E-state index contributed by atoms with van der Waals surface area (Å²) in [5.74, 6) is 1.88. The van der Waals surface area contributed by atoms with Gasteiger partial charge in [0, 0.05) is 32.7 Å². The number of hydrogen-bond acceptors (Lipinski definition) is 5. The van der Waals surface area contributed by atoms with Gasteiger partial charge in [-0.15, -0.1) is 0 Å². The third kappa shape index (κ3) is 3.32. The largest absolute Gasteiger partial charge is 0.395 e. The molecule has 0 radical (unpaired) electrons. The third-order valence-electron chi connectivity index (χ3n) is 3.39. The quantitative estimate of drug-likeness (QED) is 0.872. The molecule has 1 aromatic heterocycles. The van der Waals surface area contributed by atoms with Crippen LogP contribution >= 0.6 is 0 Å². The minimum atomic E-state index is 0.138. The molecule has 1 N–H and O–H groups in total. The molecule has 18 heavy (non-hydrogen) atoms.